The summed E-state index contributed by atoms with van der Waals surface area (Å²) in [6.45, 7) is 10.2. The van der Waals surface area contributed by atoms with Crippen molar-refractivity contribution in [2.24, 2.45) is 0 Å². The maximum atomic E-state index is 3.19. The highest BCUT2D eigenvalue weighted by atomic mass is 14.6. The maximum Gasteiger partial charge on any atom is 0.0410 e. The van der Waals surface area contributed by atoms with Gasteiger partial charge in [0.05, 0.1) is 0 Å². The van der Waals surface area contributed by atoms with Gasteiger partial charge in [-0.05, 0) is 31.6 Å². The fraction of sp³-hybridized carbons (Fsp3) is 0.455. The molecule has 1 N–H and O–H groups in total. The first-order valence-electron chi connectivity index (χ1n) is 4.56. The molecule has 1 heteroatoms. The van der Waals surface area contributed by atoms with E-state index in [2.05, 4.69) is 31.0 Å². The molecule has 0 radical (unpaired) electrons. The molecule has 0 saturated heterocycles. The molecule has 0 spiro atoms. The van der Waals surface area contributed by atoms with Gasteiger partial charge in [0.1, 0.15) is 0 Å². The predicted octanol–water partition coefficient (Wildman–Crippen LogP) is 1.95. The van der Waals surface area contributed by atoms with Gasteiger partial charge in [-0.3, -0.25) is 0 Å². The van der Waals surface area contributed by atoms with Crippen LogP contribution in [-0.2, 0) is 0 Å². The first kappa shape index (κ1) is 11.0. The fourth-order valence-electron chi connectivity index (χ4n) is 1.18. The van der Waals surface area contributed by atoms with Gasteiger partial charge in [-0.25, -0.2) is 0 Å². The monoisotopic (exact) mass is 165 g/mol. The van der Waals surface area contributed by atoms with Crippen molar-refractivity contribution in [1.29, 1.82) is 0 Å². The summed E-state index contributed by atoms with van der Waals surface area (Å²) in [6, 6.07) is 0. The predicted molar refractivity (Wildman–Crippen MR) is 56.4 cm³/mol. The Bertz CT molecular complexity index is 317. The Kier molecular flexibility index (Phi) is 5.18. The molecule has 1 nitrogen and oxygen atoms in total. The van der Waals surface area contributed by atoms with Gasteiger partial charge in [-0.15, -0.1) is 0 Å². The highest BCUT2D eigenvalue weighted by Gasteiger charge is 1.88. The molecule has 1 aromatic rings. The third-order valence-electron chi connectivity index (χ3n) is 1.74. The number of aryl methyl sites for hydroxylation is 1. The number of rotatable bonds is 0. The first-order valence-corrected chi connectivity index (χ1v) is 4.56. The fourth-order valence-corrected chi connectivity index (χ4v) is 1.18. The molecule has 0 unspecified atom stereocenters. The Hall–Kier alpha value is -0.980. The van der Waals surface area contributed by atoms with Crippen LogP contribution in [0.3, 0.4) is 0 Å². The van der Waals surface area contributed by atoms with Crippen LogP contribution in [0.25, 0.3) is 12.2 Å². The zero-order chi connectivity index (χ0) is 9.56. The highest BCUT2D eigenvalue weighted by Crippen LogP contribution is 1.78. The van der Waals surface area contributed by atoms with E-state index in [0.717, 1.165) is 0 Å². The average molecular weight is 165 g/mol. The molecule has 0 saturated carbocycles. The maximum absolute atomic E-state index is 3.19. The quantitative estimate of drug-likeness (QED) is 0.605. The summed E-state index contributed by atoms with van der Waals surface area (Å²) >= 11 is 0. The Labute approximate surface area is 74.8 Å². The van der Waals surface area contributed by atoms with E-state index in [-0.39, 0.29) is 0 Å². The summed E-state index contributed by atoms with van der Waals surface area (Å²) in [6.07, 6.45) is 6.24. The molecular formula is C11H19N. The van der Waals surface area contributed by atoms with Crippen molar-refractivity contribution in [2.45, 2.75) is 34.6 Å². The van der Waals surface area contributed by atoms with Crippen molar-refractivity contribution >= 4 is 12.2 Å². The third kappa shape index (κ3) is 2.26. The van der Waals surface area contributed by atoms with Crippen LogP contribution >= 0.6 is 0 Å². The Morgan fingerprint density at radius 2 is 1.75 bits per heavy atom. The van der Waals surface area contributed by atoms with Crippen molar-refractivity contribution in [3.63, 3.8) is 0 Å². The summed E-state index contributed by atoms with van der Waals surface area (Å²) in [5.41, 5.74) is 1.32. The number of hydrogen-bond donors (Lipinski definition) is 1. The molecule has 1 aromatic heterocycles. The van der Waals surface area contributed by atoms with E-state index < -0.39 is 0 Å². The molecular weight excluding hydrogens is 146 g/mol. The van der Waals surface area contributed by atoms with Crippen LogP contribution in [0.1, 0.15) is 33.3 Å². The molecule has 0 atom stereocenters. The van der Waals surface area contributed by atoms with Gasteiger partial charge in [0.15, 0.2) is 0 Å². The van der Waals surface area contributed by atoms with E-state index >= 15 is 0 Å². The van der Waals surface area contributed by atoms with Crippen LogP contribution in [0.15, 0.2) is 6.20 Å². The molecule has 0 fully saturated rings. The minimum absolute atomic E-state index is 1.22. The second kappa shape index (κ2) is 5.64. The summed E-state index contributed by atoms with van der Waals surface area (Å²) in [7, 11) is 0. The van der Waals surface area contributed by atoms with Crippen molar-refractivity contribution in [1.82, 2.24) is 4.98 Å². The van der Waals surface area contributed by atoms with Gasteiger partial charge in [-0.2, -0.15) is 0 Å². The van der Waals surface area contributed by atoms with Gasteiger partial charge in [0, 0.05) is 11.5 Å². The van der Waals surface area contributed by atoms with Gasteiger partial charge in [-0.1, -0.05) is 26.0 Å². The molecule has 0 aliphatic rings. The topological polar surface area (TPSA) is 15.8 Å². The first-order chi connectivity index (χ1) is 5.79. The highest BCUT2D eigenvalue weighted by molar-refractivity contribution is 5.30. The number of H-pyrrole nitrogens is 1. The molecule has 0 aromatic carbocycles. The SMILES string of the molecule is C/C=c1/c(C)c[nH]/c1=C/C.CC. The average Bonchev–Trinajstić information content (AvgIpc) is 2.49. The van der Waals surface area contributed by atoms with Gasteiger partial charge >= 0.3 is 0 Å². The second-order valence-electron chi connectivity index (χ2n) is 2.38. The van der Waals surface area contributed by atoms with Crippen molar-refractivity contribution in [2.75, 3.05) is 0 Å². The standard InChI is InChI=1S/C9H13N.C2H6/c1-4-8-7(3)6-10-9(8)5-2;1-2/h4-6,10H,1-3H3;1-2H3/b8-4-,9-5+;. The van der Waals surface area contributed by atoms with Crippen LogP contribution in [0.5, 0.6) is 0 Å². The Morgan fingerprint density at radius 1 is 1.17 bits per heavy atom. The molecule has 0 bridgehead atoms. The molecule has 0 amide bonds. The third-order valence-corrected chi connectivity index (χ3v) is 1.74. The number of aromatic amines is 1. The van der Waals surface area contributed by atoms with Crippen molar-refractivity contribution < 1.29 is 0 Å². The normalized spacial score (nSPS) is 12.8. The molecule has 12 heavy (non-hydrogen) atoms. The van der Waals surface area contributed by atoms with E-state index in [1.165, 1.54) is 16.1 Å². The lowest BCUT2D eigenvalue weighted by Gasteiger charge is -1.78. The molecule has 1 heterocycles. The number of nitrogens with one attached hydrogen (secondary N) is 1. The van der Waals surface area contributed by atoms with Gasteiger partial charge in [0.25, 0.3) is 0 Å². The number of aromatic nitrogens is 1. The van der Waals surface area contributed by atoms with E-state index in [4.69, 9.17) is 0 Å². The molecule has 0 aliphatic heterocycles. The van der Waals surface area contributed by atoms with Crippen LogP contribution < -0.4 is 10.6 Å². The summed E-state index contributed by atoms with van der Waals surface area (Å²) in [4.78, 5) is 3.19. The lowest BCUT2D eigenvalue weighted by molar-refractivity contribution is 1.31. The smallest absolute Gasteiger partial charge is 0.0410 e. The minimum atomic E-state index is 1.22. The molecule has 1 rings (SSSR count). The van der Waals surface area contributed by atoms with Crippen molar-refractivity contribution in [3.8, 4) is 0 Å². The summed E-state index contributed by atoms with van der Waals surface area (Å²) in [5.74, 6) is 0. The van der Waals surface area contributed by atoms with E-state index in [9.17, 15) is 0 Å². The molecule has 68 valence electrons. The Balaban J connectivity index is 0.000000561. The van der Waals surface area contributed by atoms with Crippen LogP contribution in [0, 0.1) is 6.92 Å². The number of hydrogen-bond acceptors (Lipinski definition) is 0. The largest absolute Gasteiger partial charge is 0.361 e. The zero-order valence-electron chi connectivity index (χ0n) is 8.73. The lowest BCUT2D eigenvalue weighted by Crippen LogP contribution is -2.22. The summed E-state index contributed by atoms with van der Waals surface area (Å²) in [5, 5.41) is 2.54. The zero-order valence-corrected chi connectivity index (χ0v) is 8.73. The van der Waals surface area contributed by atoms with Crippen LogP contribution in [-0.4, -0.2) is 4.98 Å². The Morgan fingerprint density at radius 3 is 2.08 bits per heavy atom. The van der Waals surface area contributed by atoms with Gasteiger partial charge in [0.2, 0.25) is 0 Å². The lowest BCUT2D eigenvalue weighted by atomic mass is 10.3. The molecule has 0 aliphatic carbocycles. The second-order valence-corrected chi connectivity index (χ2v) is 2.38. The summed E-state index contributed by atoms with van der Waals surface area (Å²) < 4.78 is 0. The van der Waals surface area contributed by atoms with Crippen LogP contribution in [0.2, 0.25) is 0 Å². The van der Waals surface area contributed by atoms with Crippen molar-refractivity contribution in [3.05, 3.63) is 22.3 Å². The van der Waals surface area contributed by atoms with Crippen LogP contribution in [0.4, 0.5) is 0 Å². The van der Waals surface area contributed by atoms with E-state index in [1.54, 1.807) is 0 Å². The van der Waals surface area contributed by atoms with E-state index in [1.807, 2.05) is 27.0 Å². The minimum Gasteiger partial charge on any atom is -0.361 e. The van der Waals surface area contributed by atoms with Gasteiger partial charge < -0.3 is 4.98 Å². The van der Waals surface area contributed by atoms with E-state index in [0.29, 0.717) is 0 Å².